The summed E-state index contributed by atoms with van der Waals surface area (Å²) in [6, 6.07) is 0. The first-order valence-corrected chi connectivity index (χ1v) is 8.37. The molecule has 124 valence electrons. The molecule has 0 aliphatic carbocycles. The van der Waals surface area contributed by atoms with Crippen molar-refractivity contribution in [3.63, 3.8) is 0 Å². The van der Waals surface area contributed by atoms with Crippen molar-refractivity contribution in [3.8, 4) is 0 Å². The molecule has 3 heterocycles. The summed E-state index contributed by atoms with van der Waals surface area (Å²) in [5.41, 5.74) is -0.191. The maximum atomic E-state index is 12.5. The quantitative estimate of drug-likeness (QED) is 0.773. The Balaban J connectivity index is 1.52. The van der Waals surface area contributed by atoms with Crippen LogP contribution in [0, 0.1) is 0 Å². The van der Waals surface area contributed by atoms with Gasteiger partial charge in [0.1, 0.15) is 12.7 Å². The minimum absolute atomic E-state index is 0.0417. The van der Waals surface area contributed by atoms with Gasteiger partial charge in [0, 0.05) is 33.3 Å². The lowest BCUT2D eigenvalue weighted by Gasteiger charge is -2.39. The number of piperidine rings is 1. The number of nitrogens with zero attached hydrogens (tertiary/aromatic N) is 2. The molecule has 0 aromatic rings. The molecule has 0 unspecified atom stereocenters. The third kappa shape index (κ3) is 3.13. The van der Waals surface area contributed by atoms with Crippen LogP contribution in [0.25, 0.3) is 0 Å². The first kappa shape index (κ1) is 15.7. The molecule has 0 aromatic carbocycles. The largest absolute Gasteiger partial charge is 0.375 e. The zero-order valence-corrected chi connectivity index (χ0v) is 13.4. The first-order chi connectivity index (χ1) is 10.6. The summed E-state index contributed by atoms with van der Waals surface area (Å²) in [4.78, 5) is 28.1. The van der Waals surface area contributed by atoms with Crippen LogP contribution in [0.15, 0.2) is 0 Å². The third-order valence-corrected chi connectivity index (χ3v) is 5.24. The fourth-order valence-corrected chi connectivity index (χ4v) is 3.88. The van der Waals surface area contributed by atoms with Crippen LogP contribution >= 0.6 is 0 Å². The molecule has 2 amide bonds. The van der Waals surface area contributed by atoms with Gasteiger partial charge in [0.25, 0.3) is 5.91 Å². The van der Waals surface area contributed by atoms with Crippen LogP contribution < -0.4 is 0 Å². The molecule has 0 saturated carbocycles. The van der Waals surface area contributed by atoms with E-state index in [1.165, 1.54) is 7.11 Å². The van der Waals surface area contributed by atoms with Gasteiger partial charge in [-0.2, -0.15) is 0 Å². The standard InChI is InChI=1S/C16H26N2O4/c1-21-12-14(19)17-10-6-16(7-11-17)5-4-13(22-16)15(20)18-8-2-3-9-18/h13H,2-12H2,1H3/t13-/m1/s1. The fourth-order valence-electron chi connectivity index (χ4n) is 3.88. The Morgan fingerprint density at radius 3 is 2.41 bits per heavy atom. The molecule has 3 aliphatic rings. The molecule has 0 N–H and O–H groups in total. The normalized spacial score (nSPS) is 27.6. The minimum atomic E-state index is -0.265. The Morgan fingerprint density at radius 2 is 1.77 bits per heavy atom. The van der Waals surface area contributed by atoms with E-state index in [0.717, 1.165) is 51.6 Å². The molecule has 1 atom stereocenters. The molecule has 0 aromatic heterocycles. The lowest BCUT2D eigenvalue weighted by Crippen LogP contribution is -2.48. The minimum Gasteiger partial charge on any atom is -0.375 e. The van der Waals surface area contributed by atoms with E-state index in [0.29, 0.717) is 13.1 Å². The average molecular weight is 310 g/mol. The molecule has 0 radical (unpaired) electrons. The maximum Gasteiger partial charge on any atom is 0.251 e. The highest BCUT2D eigenvalue weighted by molar-refractivity contribution is 5.81. The number of rotatable bonds is 3. The second kappa shape index (κ2) is 6.54. The van der Waals surface area contributed by atoms with Crippen LogP contribution in [0.2, 0.25) is 0 Å². The van der Waals surface area contributed by atoms with Crippen LogP contribution in [0.1, 0.15) is 38.5 Å². The van der Waals surface area contributed by atoms with Gasteiger partial charge in [0.2, 0.25) is 5.91 Å². The average Bonchev–Trinajstić information content (AvgIpc) is 3.18. The zero-order chi connectivity index (χ0) is 15.6. The van der Waals surface area contributed by atoms with Crippen LogP contribution in [0.5, 0.6) is 0 Å². The molecule has 6 nitrogen and oxygen atoms in total. The molecular weight excluding hydrogens is 284 g/mol. The van der Waals surface area contributed by atoms with E-state index in [1.807, 2.05) is 9.80 Å². The number of carbonyl (C=O) groups is 2. The number of hydrogen-bond acceptors (Lipinski definition) is 4. The van der Waals surface area contributed by atoms with Gasteiger partial charge in [0.15, 0.2) is 0 Å². The Bertz CT molecular complexity index is 426. The summed E-state index contributed by atoms with van der Waals surface area (Å²) in [6.45, 7) is 3.31. The van der Waals surface area contributed by atoms with Crippen molar-refractivity contribution >= 4 is 11.8 Å². The van der Waals surface area contributed by atoms with Gasteiger partial charge in [-0.25, -0.2) is 0 Å². The van der Waals surface area contributed by atoms with E-state index in [4.69, 9.17) is 9.47 Å². The fraction of sp³-hybridized carbons (Fsp3) is 0.875. The maximum absolute atomic E-state index is 12.5. The zero-order valence-electron chi connectivity index (χ0n) is 13.4. The topological polar surface area (TPSA) is 59.1 Å². The molecule has 1 spiro atoms. The van der Waals surface area contributed by atoms with Crippen molar-refractivity contribution in [2.45, 2.75) is 50.2 Å². The molecule has 3 rings (SSSR count). The van der Waals surface area contributed by atoms with Gasteiger partial charge in [0.05, 0.1) is 5.60 Å². The van der Waals surface area contributed by atoms with E-state index in [1.54, 1.807) is 0 Å². The molecule has 0 bridgehead atoms. The molecule has 3 saturated heterocycles. The second-order valence-electron chi connectivity index (χ2n) is 6.67. The van der Waals surface area contributed by atoms with E-state index in [2.05, 4.69) is 0 Å². The number of ether oxygens (including phenoxy) is 2. The summed E-state index contributed by atoms with van der Waals surface area (Å²) in [7, 11) is 1.54. The number of amides is 2. The van der Waals surface area contributed by atoms with E-state index in [9.17, 15) is 9.59 Å². The second-order valence-corrected chi connectivity index (χ2v) is 6.67. The van der Waals surface area contributed by atoms with Crippen LogP contribution in [0.3, 0.4) is 0 Å². The third-order valence-electron chi connectivity index (χ3n) is 5.24. The highest BCUT2D eigenvalue weighted by Gasteiger charge is 2.46. The van der Waals surface area contributed by atoms with Gasteiger partial charge < -0.3 is 19.3 Å². The number of likely N-dealkylation sites (tertiary alicyclic amines) is 2. The summed E-state index contributed by atoms with van der Waals surface area (Å²) in [5, 5.41) is 0. The van der Waals surface area contributed by atoms with Crippen molar-refractivity contribution in [1.29, 1.82) is 0 Å². The lowest BCUT2D eigenvalue weighted by atomic mass is 9.88. The van der Waals surface area contributed by atoms with Crippen LogP contribution in [-0.2, 0) is 19.1 Å². The summed E-state index contributed by atoms with van der Waals surface area (Å²) in [5.74, 6) is 0.215. The highest BCUT2D eigenvalue weighted by Crippen LogP contribution is 2.39. The Kier molecular flexibility index (Phi) is 4.68. The van der Waals surface area contributed by atoms with Crippen LogP contribution in [0.4, 0.5) is 0 Å². The van der Waals surface area contributed by atoms with Crippen LogP contribution in [-0.4, -0.2) is 73.2 Å². The Hall–Kier alpha value is -1.14. The number of carbonyl (C=O) groups excluding carboxylic acids is 2. The highest BCUT2D eigenvalue weighted by atomic mass is 16.5. The predicted octanol–water partition coefficient (Wildman–Crippen LogP) is 0.795. The van der Waals surface area contributed by atoms with Gasteiger partial charge in [-0.1, -0.05) is 0 Å². The van der Waals surface area contributed by atoms with Crippen molar-refractivity contribution in [2.24, 2.45) is 0 Å². The number of hydrogen-bond donors (Lipinski definition) is 0. The van der Waals surface area contributed by atoms with Gasteiger partial charge in [-0.15, -0.1) is 0 Å². The van der Waals surface area contributed by atoms with E-state index in [-0.39, 0.29) is 30.1 Å². The monoisotopic (exact) mass is 310 g/mol. The van der Waals surface area contributed by atoms with Crippen molar-refractivity contribution < 1.29 is 19.1 Å². The van der Waals surface area contributed by atoms with Crippen molar-refractivity contribution in [3.05, 3.63) is 0 Å². The molecule has 6 heteroatoms. The molecular formula is C16H26N2O4. The van der Waals surface area contributed by atoms with Gasteiger partial charge in [-0.3, -0.25) is 9.59 Å². The summed E-state index contributed by atoms with van der Waals surface area (Å²) in [6.07, 6.45) is 5.36. The number of methoxy groups -OCH3 is 1. The molecule has 22 heavy (non-hydrogen) atoms. The smallest absolute Gasteiger partial charge is 0.251 e. The van der Waals surface area contributed by atoms with Gasteiger partial charge in [-0.05, 0) is 38.5 Å². The first-order valence-electron chi connectivity index (χ1n) is 8.37. The van der Waals surface area contributed by atoms with Crippen molar-refractivity contribution in [1.82, 2.24) is 9.80 Å². The Labute approximate surface area is 131 Å². The van der Waals surface area contributed by atoms with E-state index >= 15 is 0 Å². The summed E-state index contributed by atoms with van der Waals surface area (Å²) < 4.78 is 11.1. The summed E-state index contributed by atoms with van der Waals surface area (Å²) >= 11 is 0. The lowest BCUT2D eigenvalue weighted by molar-refractivity contribution is -0.153. The Morgan fingerprint density at radius 1 is 1.09 bits per heavy atom. The van der Waals surface area contributed by atoms with Crippen molar-refractivity contribution in [2.75, 3.05) is 39.9 Å². The molecule has 3 fully saturated rings. The predicted molar refractivity (Wildman–Crippen MR) is 80.3 cm³/mol. The van der Waals surface area contributed by atoms with Gasteiger partial charge >= 0.3 is 0 Å². The SMILES string of the molecule is COCC(=O)N1CCC2(CC[C@H](C(=O)N3CCCC3)O2)CC1. The van der Waals surface area contributed by atoms with E-state index < -0.39 is 0 Å². The molecule has 3 aliphatic heterocycles.